The molecule has 1 amide bonds. The van der Waals surface area contributed by atoms with E-state index >= 15 is 0 Å². The van der Waals surface area contributed by atoms with E-state index in [9.17, 15) is 4.79 Å². The van der Waals surface area contributed by atoms with Gasteiger partial charge in [0.2, 0.25) is 0 Å². The van der Waals surface area contributed by atoms with Crippen molar-refractivity contribution < 1.29 is 9.53 Å². The first kappa shape index (κ1) is 9.36. The number of carbonyl (C=O) groups is 1. The molecule has 3 heteroatoms. The fourth-order valence-corrected chi connectivity index (χ4v) is 1.89. The molecule has 1 aliphatic heterocycles. The maximum atomic E-state index is 11.3. The van der Waals surface area contributed by atoms with Crippen molar-refractivity contribution in [1.29, 1.82) is 0 Å². The van der Waals surface area contributed by atoms with Crippen molar-refractivity contribution >= 4 is 6.09 Å². The molecule has 3 nitrogen and oxygen atoms in total. The number of methoxy groups -OCH3 is 1. The molecule has 0 saturated carbocycles. The van der Waals surface area contributed by atoms with Gasteiger partial charge in [-0.25, -0.2) is 4.79 Å². The highest BCUT2D eigenvalue weighted by molar-refractivity contribution is 5.68. The third-order valence-electron chi connectivity index (χ3n) is 2.58. The molecule has 0 bridgehead atoms. The van der Waals surface area contributed by atoms with E-state index in [1.165, 1.54) is 13.5 Å². The van der Waals surface area contributed by atoms with Gasteiger partial charge in [0.05, 0.1) is 7.11 Å². The molecule has 0 aromatic carbocycles. The fourth-order valence-electron chi connectivity index (χ4n) is 1.89. The van der Waals surface area contributed by atoms with Crippen LogP contribution in [-0.4, -0.2) is 30.2 Å². The van der Waals surface area contributed by atoms with E-state index in [-0.39, 0.29) is 6.09 Å². The Hall–Kier alpha value is -0.730. The van der Waals surface area contributed by atoms with E-state index in [1.54, 1.807) is 0 Å². The maximum Gasteiger partial charge on any atom is 0.409 e. The Balaban J connectivity index is 2.62. The van der Waals surface area contributed by atoms with Crippen LogP contribution in [0.1, 0.15) is 33.1 Å². The second-order valence-corrected chi connectivity index (χ2v) is 3.51. The largest absolute Gasteiger partial charge is 0.453 e. The summed E-state index contributed by atoms with van der Waals surface area (Å²) in [5, 5.41) is 0. The summed E-state index contributed by atoms with van der Waals surface area (Å²) in [6.07, 6.45) is 3.23. The van der Waals surface area contributed by atoms with Gasteiger partial charge in [0.25, 0.3) is 0 Å². The van der Waals surface area contributed by atoms with E-state index in [4.69, 9.17) is 4.74 Å². The minimum Gasteiger partial charge on any atom is -0.453 e. The molecule has 1 saturated heterocycles. The van der Waals surface area contributed by atoms with E-state index in [1.807, 2.05) is 4.90 Å². The Labute approximate surface area is 73.7 Å². The van der Waals surface area contributed by atoms with Crippen molar-refractivity contribution in [2.24, 2.45) is 0 Å². The lowest BCUT2D eigenvalue weighted by molar-refractivity contribution is 0.0694. The summed E-state index contributed by atoms with van der Waals surface area (Å²) in [7, 11) is 1.44. The fraction of sp³-hybridized carbons (Fsp3) is 0.889. The number of rotatable bonds is 0. The molecule has 1 rings (SSSR count). The van der Waals surface area contributed by atoms with Gasteiger partial charge in [-0.15, -0.1) is 0 Å². The number of ether oxygens (including phenoxy) is 1. The molecule has 0 aliphatic carbocycles. The summed E-state index contributed by atoms with van der Waals surface area (Å²) in [4.78, 5) is 13.1. The predicted octanol–water partition coefficient (Wildman–Crippen LogP) is 2.02. The van der Waals surface area contributed by atoms with Gasteiger partial charge in [-0.3, -0.25) is 0 Å². The minimum absolute atomic E-state index is 0.185. The highest BCUT2D eigenvalue weighted by atomic mass is 16.5. The van der Waals surface area contributed by atoms with Gasteiger partial charge < -0.3 is 9.64 Å². The van der Waals surface area contributed by atoms with Crippen molar-refractivity contribution in [3.05, 3.63) is 0 Å². The first-order chi connectivity index (χ1) is 5.66. The predicted molar refractivity (Wildman–Crippen MR) is 47.0 cm³/mol. The maximum absolute atomic E-state index is 11.3. The molecule has 0 aromatic rings. The van der Waals surface area contributed by atoms with Crippen molar-refractivity contribution in [3.63, 3.8) is 0 Å². The SMILES string of the molecule is COC(=O)N1[C@H](C)CCC[C@H]1C. The summed E-state index contributed by atoms with van der Waals surface area (Å²) in [6, 6.07) is 0.669. The molecule has 0 unspecified atom stereocenters. The summed E-state index contributed by atoms with van der Waals surface area (Å²) in [6.45, 7) is 4.15. The third-order valence-corrected chi connectivity index (χ3v) is 2.58. The van der Waals surface area contributed by atoms with E-state index in [0.717, 1.165) is 12.8 Å². The summed E-state index contributed by atoms with van der Waals surface area (Å²) >= 11 is 0. The van der Waals surface area contributed by atoms with Crippen molar-refractivity contribution in [2.45, 2.75) is 45.2 Å². The number of nitrogens with zero attached hydrogens (tertiary/aromatic N) is 1. The molecule has 0 radical (unpaired) electrons. The Kier molecular flexibility index (Phi) is 2.95. The lowest BCUT2D eigenvalue weighted by Crippen LogP contribution is -2.47. The van der Waals surface area contributed by atoms with Gasteiger partial charge in [-0.2, -0.15) is 0 Å². The average Bonchev–Trinajstić information content (AvgIpc) is 2.03. The molecule has 1 aliphatic rings. The molecular formula is C9H17NO2. The molecule has 0 N–H and O–H groups in total. The van der Waals surface area contributed by atoms with Gasteiger partial charge in [-0.1, -0.05) is 0 Å². The highest BCUT2D eigenvalue weighted by Crippen LogP contribution is 2.22. The van der Waals surface area contributed by atoms with Crippen LogP contribution in [-0.2, 0) is 4.74 Å². The van der Waals surface area contributed by atoms with Crippen LogP contribution < -0.4 is 0 Å². The summed E-state index contributed by atoms with van der Waals surface area (Å²) < 4.78 is 4.72. The number of hydrogen-bond acceptors (Lipinski definition) is 2. The Morgan fingerprint density at radius 3 is 2.25 bits per heavy atom. The number of carbonyl (C=O) groups excluding carboxylic acids is 1. The summed E-state index contributed by atoms with van der Waals surface area (Å²) in [5.74, 6) is 0. The van der Waals surface area contributed by atoms with E-state index in [2.05, 4.69) is 13.8 Å². The van der Waals surface area contributed by atoms with Crippen LogP contribution in [0.5, 0.6) is 0 Å². The minimum atomic E-state index is -0.185. The molecule has 1 heterocycles. The zero-order valence-corrected chi connectivity index (χ0v) is 8.04. The Morgan fingerprint density at radius 2 is 1.83 bits per heavy atom. The number of amides is 1. The second-order valence-electron chi connectivity index (χ2n) is 3.51. The smallest absolute Gasteiger partial charge is 0.409 e. The number of likely N-dealkylation sites (tertiary alicyclic amines) is 1. The Bertz CT molecular complexity index is 160. The van der Waals surface area contributed by atoms with Crippen LogP contribution in [0.4, 0.5) is 4.79 Å². The van der Waals surface area contributed by atoms with Crippen LogP contribution in [0, 0.1) is 0 Å². The van der Waals surface area contributed by atoms with Gasteiger partial charge in [0.1, 0.15) is 0 Å². The van der Waals surface area contributed by atoms with Crippen LogP contribution in [0.25, 0.3) is 0 Å². The van der Waals surface area contributed by atoms with Gasteiger partial charge in [0, 0.05) is 12.1 Å². The molecule has 0 aromatic heterocycles. The molecule has 12 heavy (non-hydrogen) atoms. The summed E-state index contributed by atoms with van der Waals surface area (Å²) in [5.41, 5.74) is 0. The lowest BCUT2D eigenvalue weighted by atomic mass is 9.98. The molecule has 1 fully saturated rings. The molecule has 0 spiro atoms. The van der Waals surface area contributed by atoms with Crippen LogP contribution in [0.15, 0.2) is 0 Å². The quantitative estimate of drug-likeness (QED) is 0.558. The standard InChI is InChI=1S/C9H17NO2/c1-7-5-4-6-8(2)10(7)9(11)12-3/h7-8H,4-6H2,1-3H3/t7-,8-/m1/s1. The highest BCUT2D eigenvalue weighted by Gasteiger charge is 2.29. The van der Waals surface area contributed by atoms with Gasteiger partial charge in [0.15, 0.2) is 0 Å². The van der Waals surface area contributed by atoms with Crippen LogP contribution >= 0.6 is 0 Å². The van der Waals surface area contributed by atoms with E-state index in [0.29, 0.717) is 12.1 Å². The second kappa shape index (κ2) is 3.78. The van der Waals surface area contributed by atoms with Crippen molar-refractivity contribution in [2.75, 3.05) is 7.11 Å². The molecule has 2 atom stereocenters. The average molecular weight is 171 g/mol. The normalized spacial score (nSPS) is 30.1. The lowest BCUT2D eigenvalue weighted by Gasteiger charge is -2.37. The van der Waals surface area contributed by atoms with Crippen LogP contribution in [0.3, 0.4) is 0 Å². The zero-order chi connectivity index (χ0) is 9.14. The van der Waals surface area contributed by atoms with Gasteiger partial charge in [-0.05, 0) is 33.1 Å². The van der Waals surface area contributed by atoms with E-state index < -0.39 is 0 Å². The van der Waals surface area contributed by atoms with Crippen molar-refractivity contribution in [3.8, 4) is 0 Å². The first-order valence-corrected chi connectivity index (χ1v) is 4.53. The van der Waals surface area contributed by atoms with Gasteiger partial charge >= 0.3 is 6.09 Å². The van der Waals surface area contributed by atoms with Crippen LogP contribution in [0.2, 0.25) is 0 Å². The van der Waals surface area contributed by atoms with Crippen molar-refractivity contribution in [1.82, 2.24) is 4.90 Å². The monoisotopic (exact) mass is 171 g/mol. The number of piperidine rings is 1. The molecule has 70 valence electrons. The Morgan fingerprint density at radius 1 is 1.33 bits per heavy atom. The zero-order valence-electron chi connectivity index (χ0n) is 8.04. The molecular weight excluding hydrogens is 154 g/mol. The topological polar surface area (TPSA) is 29.5 Å². The third kappa shape index (κ3) is 1.71. The first-order valence-electron chi connectivity index (χ1n) is 4.53. The number of hydrogen-bond donors (Lipinski definition) is 0.